The molecule has 0 radical (unpaired) electrons. The second-order valence-corrected chi connectivity index (χ2v) is 16.2. The van der Waals surface area contributed by atoms with Crippen molar-refractivity contribution in [3.63, 3.8) is 0 Å². The topological polar surface area (TPSA) is 142 Å². The molecule has 242 valence electrons. The van der Waals surface area contributed by atoms with Gasteiger partial charge in [0.1, 0.15) is 29.5 Å². The highest BCUT2D eigenvalue weighted by Gasteiger charge is 2.37. The van der Waals surface area contributed by atoms with Crippen LogP contribution in [0.25, 0.3) is 5.57 Å². The average molecular weight is 664 g/mol. The molecule has 5 aliphatic heterocycles. The lowest BCUT2D eigenvalue weighted by Crippen LogP contribution is -2.45. The molecule has 0 atom stereocenters. The first-order valence-corrected chi connectivity index (χ1v) is 19.3. The molecule has 0 aliphatic carbocycles. The minimum atomic E-state index is -4.85. The van der Waals surface area contributed by atoms with E-state index in [1.165, 1.54) is 34.3 Å². The van der Waals surface area contributed by atoms with E-state index in [4.69, 9.17) is 10.5 Å². The van der Waals surface area contributed by atoms with Gasteiger partial charge < -0.3 is 15.4 Å². The molecule has 46 heavy (non-hydrogen) atoms. The number of sulfonamides is 1. The Bertz CT molecular complexity index is 2160. The first kappa shape index (κ1) is 30.1. The second-order valence-electron chi connectivity index (χ2n) is 13.0. The van der Waals surface area contributed by atoms with Gasteiger partial charge in [0.15, 0.2) is 0 Å². The quantitative estimate of drug-likeness (QED) is 0.155. The van der Waals surface area contributed by atoms with Crippen LogP contribution < -0.4 is 35.2 Å². The molecule has 5 aliphatic rings. The van der Waals surface area contributed by atoms with Gasteiger partial charge in [-0.2, -0.15) is 8.42 Å². The van der Waals surface area contributed by atoms with Crippen LogP contribution in [-0.2, 0) is 45.8 Å². The number of aryl methyl sites for hydroxylation is 2. The monoisotopic (exact) mass is 663 g/mol. The van der Waals surface area contributed by atoms with Gasteiger partial charge in [-0.15, -0.1) is 0 Å². The molecule has 0 spiro atoms. The standard InChI is InChI=1S/C34H38N4O6S2/c35-12-5-13-36-45(39,40)23-10-11-24(29(20-23)46(41,42)43)30-27-18-21-6-1-14-37-16-3-8-25(31(21)37)33(27)44-34-26-9-4-17-38-15-2-7-22(32(26)38)19-28(30)34/h10-11,18-20,36H,1-9,12-17,35H2/p+1. The summed E-state index contributed by atoms with van der Waals surface area (Å²) in [5.41, 5.74) is 13.2. The molecule has 5 heterocycles. The van der Waals surface area contributed by atoms with E-state index < -0.39 is 25.0 Å². The van der Waals surface area contributed by atoms with Gasteiger partial charge in [-0.3, -0.25) is 4.55 Å². The summed E-state index contributed by atoms with van der Waals surface area (Å²) in [5.74, 6) is 1.50. The Hall–Kier alpha value is -3.29. The highest BCUT2D eigenvalue weighted by molar-refractivity contribution is 7.89. The van der Waals surface area contributed by atoms with Crippen molar-refractivity contribution < 1.29 is 26.1 Å². The third kappa shape index (κ3) is 4.79. The van der Waals surface area contributed by atoms with Crippen molar-refractivity contribution in [2.75, 3.05) is 44.2 Å². The largest absolute Gasteiger partial charge is 0.455 e. The Morgan fingerprint density at radius 2 is 1.61 bits per heavy atom. The molecule has 12 heteroatoms. The fraction of sp³-hybridized carbons (Fsp3) is 0.441. The molecular weight excluding hydrogens is 625 g/mol. The van der Waals surface area contributed by atoms with Gasteiger partial charge in [0, 0.05) is 71.2 Å². The number of nitrogens with two attached hydrogens (primary N) is 1. The normalized spacial score (nSPS) is 18.3. The summed E-state index contributed by atoms with van der Waals surface area (Å²) in [5, 5.41) is 2.04. The number of nitrogens with zero attached hydrogens (tertiary/aromatic N) is 2. The molecule has 0 amide bonds. The molecule has 10 nitrogen and oxygen atoms in total. The first-order valence-electron chi connectivity index (χ1n) is 16.4. The van der Waals surface area contributed by atoms with Crippen LogP contribution in [0.1, 0.15) is 65.5 Å². The maximum atomic E-state index is 13.2. The second kappa shape index (κ2) is 11.2. The molecule has 3 aromatic carbocycles. The van der Waals surface area contributed by atoms with Crippen molar-refractivity contribution in [2.24, 2.45) is 5.73 Å². The Morgan fingerprint density at radius 1 is 0.870 bits per heavy atom. The summed E-state index contributed by atoms with van der Waals surface area (Å²) in [4.78, 5) is 1.78. The van der Waals surface area contributed by atoms with Gasteiger partial charge in [0.05, 0.1) is 10.5 Å². The molecule has 3 aromatic rings. The van der Waals surface area contributed by atoms with Gasteiger partial charge in [0.25, 0.3) is 10.1 Å². The summed E-state index contributed by atoms with van der Waals surface area (Å²) in [7, 11) is -8.90. The van der Waals surface area contributed by atoms with E-state index in [0.717, 1.165) is 117 Å². The highest BCUT2D eigenvalue weighted by Crippen LogP contribution is 2.49. The zero-order valence-electron chi connectivity index (χ0n) is 25.8. The van der Waals surface area contributed by atoms with Gasteiger partial charge >= 0.3 is 0 Å². The smallest absolute Gasteiger partial charge is 0.295 e. The van der Waals surface area contributed by atoms with E-state index in [1.54, 1.807) is 0 Å². The highest BCUT2D eigenvalue weighted by atomic mass is 32.2. The fourth-order valence-electron chi connectivity index (χ4n) is 8.29. The molecule has 0 bridgehead atoms. The summed E-state index contributed by atoms with van der Waals surface area (Å²) in [6.45, 7) is 4.43. The maximum Gasteiger partial charge on any atom is 0.295 e. The Balaban J connectivity index is 1.46. The minimum Gasteiger partial charge on any atom is -0.455 e. The molecule has 8 rings (SSSR count). The van der Waals surface area contributed by atoms with E-state index in [1.807, 2.05) is 0 Å². The molecule has 0 unspecified atom stereocenters. The van der Waals surface area contributed by atoms with Gasteiger partial charge in [-0.25, -0.2) is 17.7 Å². The van der Waals surface area contributed by atoms with Crippen molar-refractivity contribution >= 4 is 31.4 Å². The van der Waals surface area contributed by atoms with Crippen molar-refractivity contribution in [1.82, 2.24) is 9.30 Å². The van der Waals surface area contributed by atoms with Crippen LogP contribution in [0.2, 0.25) is 0 Å². The lowest BCUT2D eigenvalue weighted by atomic mass is 9.82. The number of rotatable bonds is 7. The molecule has 0 aromatic heterocycles. The van der Waals surface area contributed by atoms with Crippen molar-refractivity contribution in [3.05, 3.63) is 74.3 Å². The number of nitrogens with one attached hydrogen (secondary N) is 1. The van der Waals surface area contributed by atoms with Crippen LogP contribution >= 0.6 is 0 Å². The fourth-order valence-corrected chi connectivity index (χ4v) is 10.2. The lowest BCUT2D eigenvalue weighted by Gasteiger charge is -2.39. The van der Waals surface area contributed by atoms with E-state index in [-0.39, 0.29) is 17.0 Å². The van der Waals surface area contributed by atoms with Crippen LogP contribution in [0, 0.1) is 0 Å². The summed E-state index contributed by atoms with van der Waals surface area (Å²) in [6, 6.07) is 8.32. The summed E-state index contributed by atoms with van der Waals surface area (Å²) < 4.78 is 75.2. The number of hydrogen-bond donors (Lipinski definition) is 3. The van der Waals surface area contributed by atoms with Crippen molar-refractivity contribution in [3.8, 4) is 11.5 Å². The molecule has 0 saturated heterocycles. The average Bonchev–Trinajstić information content (AvgIpc) is 3.04. The number of fused-ring (bicyclic) bond motifs is 4. The van der Waals surface area contributed by atoms with E-state index in [9.17, 15) is 21.4 Å². The lowest BCUT2D eigenvalue weighted by molar-refractivity contribution is 0.431. The Morgan fingerprint density at radius 3 is 2.39 bits per heavy atom. The van der Waals surface area contributed by atoms with E-state index in [0.29, 0.717) is 18.5 Å². The molecular formula is C34H39N4O6S2+. The van der Waals surface area contributed by atoms with Crippen molar-refractivity contribution in [1.29, 1.82) is 0 Å². The van der Waals surface area contributed by atoms with Crippen LogP contribution in [-0.4, -0.2) is 60.7 Å². The van der Waals surface area contributed by atoms with Crippen LogP contribution in [0.15, 0.2) is 40.1 Å². The summed E-state index contributed by atoms with van der Waals surface area (Å²) in [6.07, 6.45) is 8.03. The number of ether oxygens (including phenoxy) is 1. The van der Waals surface area contributed by atoms with Crippen LogP contribution in [0.3, 0.4) is 0 Å². The van der Waals surface area contributed by atoms with Crippen molar-refractivity contribution in [2.45, 2.75) is 67.6 Å². The van der Waals surface area contributed by atoms with Crippen LogP contribution in [0.5, 0.6) is 11.5 Å². The maximum absolute atomic E-state index is 13.2. The zero-order valence-corrected chi connectivity index (χ0v) is 27.4. The van der Waals surface area contributed by atoms with Gasteiger partial charge in [0.2, 0.25) is 15.4 Å². The van der Waals surface area contributed by atoms with Crippen LogP contribution in [0.4, 0.5) is 5.69 Å². The van der Waals surface area contributed by atoms with Gasteiger partial charge in [-0.1, -0.05) is 6.07 Å². The third-order valence-electron chi connectivity index (χ3n) is 10.2. The van der Waals surface area contributed by atoms with Gasteiger partial charge in [-0.05, 0) is 81.3 Å². The Labute approximate surface area is 269 Å². The number of anilines is 1. The SMILES string of the molecule is NCCCNS(=O)(=O)c1ccc(C2=c3cc4c5c(c3Oc3c2cc2c6c3CCCN6CCC2)CCC[N+]=5CCC4)c(S(=O)(=O)O)c1. The van der Waals surface area contributed by atoms with E-state index in [2.05, 4.69) is 26.3 Å². The zero-order chi connectivity index (χ0) is 31.8. The number of hydrogen-bond acceptors (Lipinski definition) is 7. The number of benzene rings is 3. The van der Waals surface area contributed by atoms with E-state index >= 15 is 0 Å². The third-order valence-corrected chi connectivity index (χ3v) is 12.5. The molecule has 0 saturated carbocycles. The predicted octanol–water partition coefficient (Wildman–Crippen LogP) is 2.00. The Kier molecular flexibility index (Phi) is 7.29. The molecule has 4 N–H and O–H groups in total. The molecule has 0 fully saturated rings. The predicted molar refractivity (Wildman–Crippen MR) is 175 cm³/mol. The summed E-state index contributed by atoms with van der Waals surface area (Å²) >= 11 is 0. The first-order chi connectivity index (χ1) is 22.2. The minimum absolute atomic E-state index is 0.118.